The number of hydrogen-bond donors (Lipinski definition) is 1. The molecule has 4 atom stereocenters. The number of esters is 1. The van der Waals surface area contributed by atoms with Crippen LogP contribution in [0.2, 0.25) is 0 Å². The fraction of sp³-hybridized carbons (Fsp3) is 0.650. The quantitative estimate of drug-likeness (QED) is 0.396. The second kappa shape index (κ2) is 9.06. The summed E-state index contributed by atoms with van der Waals surface area (Å²) < 4.78 is 24.4. The van der Waals surface area contributed by atoms with E-state index in [-0.39, 0.29) is 12.6 Å². The van der Waals surface area contributed by atoms with Crippen LogP contribution in [0.1, 0.15) is 52.7 Å². The minimum absolute atomic E-state index is 0.00115. The van der Waals surface area contributed by atoms with E-state index in [2.05, 4.69) is 24.1 Å². The van der Waals surface area contributed by atoms with Crippen molar-refractivity contribution in [3.05, 3.63) is 45.3 Å². The maximum atomic E-state index is 12.2. The molecule has 9 nitrogen and oxygen atoms in total. The predicted octanol–water partition coefficient (Wildman–Crippen LogP) is 1.63. The minimum Gasteiger partial charge on any atom is -0.463 e. The van der Waals surface area contributed by atoms with Gasteiger partial charge in [0.05, 0.1) is 0 Å². The van der Waals surface area contributed by atoms with E-state index in [0.29, 0.717) is 6.42 Å². The molecule has 0 amide bonds. The van der Waals surface area contributed by atoms with Crippen LogP contribution in [-0.2, 0) is 23.7 Å². The number of carbonyl (C=O) groups excluding carboxylic acids is 1. The third-order valence-electron chi connectivity index (χ3n) is 4.81. The first-order chi connectivity index (χ1) is 13.8. The molecule has 0 aliphatic carbocycles. The minimum atomic E-state index is -0.864. The van der Waals surface area contributed by atoms with Crippen molar-refractivity contribution in [2.75, 3.05) is 6.61 Å². The van der Waals surface area contributed by atoms with Crippen molar-refractivity contribution in [1.29, 1.82) is 0 Å². The normalized spacial score (nSPS) is 28.0. The van der Waals surface area contributed by atoms with E-state index in [0.717, 1.165) is 19.3 Å². The molecule has 2 aliphatic heterocycles. The molecule has 3 heterocycles. The summed E-state index contributed by atoms with van der Waals surface area (Å²) in [5.41, 5.74) is -1.10. The molecular weight excluding hydrogens is 380 g/mol. The number of fused-ring (bicyclic) bond motifs is 1. The van der Waals surface area contributed by atoms with E-state index in [9.17, 15) is 14.4 Å². The molecule has 1 aromatic heterocycles. The number of aromatic amines is 1. The van der Waals surface area contributed by atoms with Gasteiger partial charge in [-0.05, 0) is 33.1 Å². The number of rotatable bonds is 8. The van der Waals surface area contributed by atoms with Gasteiger partial charge in [0.1, 0.15) is 24.9 Å². The van der Waals surface area contributed by atoms with Crippen molar-refractivity contribution >= 4 is 5.97 Å². The molecule has 2 aliphatic rings. The van der Waals surface area contributed by atoms with Crippen LogP contribution in [0.5, 0.6) is 0 Å². The van der Waals surface area contributed by atoms with Gasteiger partial charge >= 0.3 is 11.7 Å². The SMILES string of the molecule is CC/C=C\CCCC(=O)OC[C@H]1O[C@@H](n2ccc(=O)[nH]c2=O)[C@@H]2OC(C)(C)O[C@@H]21. The molecule has 0 spiro atoms. The Balaban J connectivity index is 1.63. The smallest absolute Gasteiger partial charge is 0.330 e. The van der Waals surface area contributed by atoms with Gasteiger partial charge in [-0.15, -0.1) is 0 Å². The zero-order valence-corrected chi connectivity index (χ0v) is 17.0. The first-order valence-electron chi connectivity index (χ1n) is 9.94. The highest BCUT2D eigenvalue weighted by molar-refractivity contribution is 5.69. The molecule has 0 saturated carbocycles. The Hall–Kier alpha value is -2.23. The summed E-state index contributed by atoms with van der Waals surface area (Å²) in [4.78, 5) is 37.8. The Kier molecular flexibility index (Phi) is 6.71. The zero-order chi connectivity index (χ0) is 21.0. The molecule has 29 heavy (non-hydrogen) atoms. The van der Waals surface area contributed by atoms with Crippen molar-refractivity contribution in [3.8, 4) is 0 Å². The lowest BCUT2D eigenvalue weighted by Gasteiger charge is -2.24. The van der Waals surface area contributed by atoms with Gasteiger partial charge in [-0.25, -0.2) is 4.79 Å². The maximum Gasteiger partial charge on any atom is 0.330 e. The maximum absolute atomic E-state index is 12.2. The van der Waals surface area contributed by atoms with Crippen LogP contribution in [0, 0.1) is 0 Å². The fourth-order valence-corrected chi connectivity index (χ4v) is 3.54. The summed E-state index contributed by atoms with van der Waals surface area (Å²) in [5, 5.41) is 0. The monoisotopic (exact) mass is 408 g/mol. The molecule has 160 valence electrons. The lowest BCUT2D eigenvalue weighted by molar-refractivity contribution is -0.203. The van der Waals surface area contributed by atoms with E-state index >= 15 is 0 Å². The van der Waals surface area contributed by atoms with E-state index in [1.807, 2.05) is 0 Å². The third kappa shape index (κ3) is 5.23. The van der Waals surface area contributed by atoms with Gasteiger partial charge < -0.3 is 18.9 Å². The molecule has 0 bridgehead atoms. The molecule has 1 aromatic rings. The molecule has 0 aromatic carbocycles. The first kappa shape index (κ1) is 21.5. The van der Waals surface area contributed by atoms with Gasteiger partial charge in [0.25, 0.3) is 5.56 Å². The van der Waals surface area contributed by atoms with Gasteiger partial charge in [0, 0.05) is 18.7 Å². The number of allylic oxidation sites excluding steroid dienone is 2. The number of nitrogens with one attached hydrogen (secondary N) is 1. The largest absolute Gasteiger partial charge is 0.463 e. The Morgan fingerprint density at radius 1 is 1.28 bits per heavy atom. The standard InChI is InChI=1S/C20H28N2O7/c1-4-5-6-7-8-9-15(24)26-12-13-16-17(29-20(2,3)28-16)18(27-13)22-11-10-14(23)21-19(22)25/h5-6,10-11,13,16-18H,4,7-9,12H2,1-3H3,(H,21,23,25)/b6-5-/t13-,16-,17-,18-/m1/s1. The summed E-state index contributed by atoms with van der Waals surface area (Å²) in [6.45, 7) is 5.60. The first-order valence-corrected chi connectivity index (χ1v) is 9.94. The molecule has 2 fully saturated rings. The van der Waals surface area contributed by atoms with Crippen molar-refractivity contribution in [2.45, 2.75) is 76.8 Å². The van der Waals surface area contributed by atoms with Crippen LogP contribution < -0.4 is 11.2 Å². The highest BCUT2D eigenvalue weighted by atomic mass is 16.8. The van der Waals surface area contributed by atoms with Gasteiger partial charge in [0.2, 0.25) is 0 Å². The topological polar surface area (TPSA) is 109 Å². The number of hydrogen-bond acceptors (Lipinski definition) is 7. The van der Waals surface area contributed by atoms with E-state index in [1.54, 1.807) is 13.8 Å². The average molecular weight is 408 g/mol. The van der Waals surface area contributed by atoms with Crippen LogP contribution in [0.25, 0.3) is 0 Å². The Bertz CT molecular complexity index is 857. The lowest BCUT2D eigenvalue weighted by Crippen LogP contribution is -2.37. The Morgan fingerprint density at radius 2 is 2.03 bits per heavy atom. The average Bonchev–Trinajstić information content (AvgIpc) is 3.13. The molecule has 1 N–H and O–H groups in total. The van der Waals surface area contributed by atoms with Crippen LogP contribution in [0.15, 0.2) is 34.0 Å². The second-order valence-corrected chi connectivity index (χ2v) is 7.60. The van der Waals surface area contributed by atoms with Gasteiger partial charge in [-0.1, -0.05) is 19.1 Å². The molecule has 2 saturated heterocycles. The number of H-pyrrole nitrogens is 1. The van der Waals surface area contributed by atoms with Gasteiger partial charge in [-0.3, -0.25) is 19.1 Å². The zero-order valence-electron chi connectivity index (χ0n) is 17.0. The molecular formula is C20H28N2O7. The number of nitrogens with zero attached hydrogens (tertiary/aromatic N) is 1. The van der Waals surface area contributed by atoms with Crippen LogP contribution in [0.4, 0.5) is 0 Å². The van der Waals surface area contributed by atoms with Crippen LogP contribution in [0.3, 0.4) is 0 Å². The van der Waals surface area contributed by atoms with E-state index in [1.165, 1.54) is 16.8 Å². The van der Waals surface area contributed by atoms with Crippen molar-refractivity contribution in [2.24, 2.45) is 0 Å². The van der Waals surface area contributed by atoms with Crippen LogP contribution >= 0.6 is 0 Å². The molecule has 9 heteroatoms. The summed E-state index contributed by atoms with van der Waals surface area (Å²) in [7, 11) is 0. The van der Waals surface area contributed by atoms with Gasteiger partial charge in [0.15, 0.2) is 12.0 Å². The van der Waals surface area contributed by atoms with Crippen molar-refractivity contribution < 1.29 is 23.7 Å². The number of carbonyl (C=O) groups is 1. The summed E-state index contributed by atoms with van der Waals surface area (Å²) in [6.07, 6.45) is 5.85. The highest BCUT2D eigenvalue weighted by Gasteiger charge is 2.56. The summed E-state index contributed by atoms with van der Waals surface area (Å²) in [6, 6.07) is 1.24. The fourth-order valence-electron chi connectivity index (χ4n) is 3.54. The molecule has 3 rings (SSSR count). The lowest BCUT2D eigenvalue weighted by atomic mass is 10.1. The third-order valence-corrected chi connectivity index (χ3v) is 4.81. The number of aromatic nitrogens is 2. The van der Waals surface area contributed by atoms with Crippen molar-refractivity contribution in [3.63, 3.8) is 0 Å². The highest BCUT2D eigenvalue weighted by Crippen LogP contribution is 2.42. The number of unbranched alkanes of at least 4 members (excludes halogenated alkanes) is 1. The Morgan fingerprint density at radius 3 is 2.76 bits per heavy atom. The van der Waals surface area contributed by atoms with Crippen molar-refractivity contribution in [1.82, 2.24) is 9.55 Å². The molecule has 0 radical (unpaired) electrons. The van der Waals surface area contributed by atoms with Crippen LogP contribution in [-0.4, -0.2) is 46.2 Å². The van der Waals surface area contributed by atoms with E-state index in [4.69, 9.17) is 18.9 Å². The van der Waals surface area contributed by atoms with E-state index < -0.39 is 41.6 Å². The predicted molar refractivity (Wildman–Crippen MR) is 103 cm³/mol. The summed E-state index contributed by atoms with van der Waals surface area (Å²) in [5.74, 6) is -1.17. The number of ether oxygens (including phenoxy) is 4. The second-order valence-electron chi connectivity index (χ2n) is 7.60. The molecule has 0 unspecified atom stereocenters. The summed E-state index contributed by atoms with van der Waals surface area (Å²) >= 11 is 0. The van der Waals surface area contributed by atoms with Gasteiger partial charge in [-0.2, -0.15) is 0 Å². The Labute approximate surface area is 168 Å².